The van der Waals surface area contributed by atoms with Gasteiger partial charge in [-0.25, -0.2) is 48.6 Å². The van der Waals surface area contributed by atoms with Crippen LogP contribution in [0.3, 0.4) is 0 Å². The number of rotatable bonds is 17. The average Bonchev–Trinajstić information content (AvgIpc) is 1.57. The summed E-state index contributed by atoms with van der Waals surface area (Å²) in [4.78, 5) is 99.0. The second kappa shape index (κ2) is 28.2. The van der Waals surface area contributed by atoms with Crippen LogP contribution < -0.4 is 52.4 Å². The number of benzene rings is 4. The van der Waals surface area contributed by atoms with Gasteiger partial charge in [0.2, 0.25) is 31.9 Å². The highest BCUT2D eigenvalue weighted by Crippen LogP contribution is 2.36. The summed E-state index contributed by atoms with van der Waals surface area (Å²) >= 11 is 0. The number of aryl methyl sites for hydroxylation is 4. The van der Waals surface area contributed by atoms with E-state index in [9.17, 15) is 90.3 Å². The number of anilines is 2. The van der Waals surface area contributed by atoms with Gasteiger partial charge in [-0.3, -0.25) is 44.4 Å². The summed E-state index contributed by atoms with van der Waals surface area (Å²) < 4.78 is 161. The molecule has 0 spiro atoms. The van der Waals surface area contributed by atoms with Crippen molar-refractivity contribution in [1.29, 1.82) is 0 Å². The third-order valence-electron chi connectivity index (χ3n) is 16.3. The van der Waals surface area contributed by atoms with E-state index in [1.165, 1.54) is 14.1 Å². The molecule has 35 heteroatoms. The van der Waals surface area contributed by atoms with Gasteiger partial charge in [-0.15, -0.1) is 26.3 Å². The van der Waals surface area contributed by atoms with Gasteiger partial charge in [0.05, 0.1) is 22.6 Å². The zero-order valence-corrected chi connectivity index (χ0v) is 52.9. The maximum Gasteiger partial charge on any atom is 0.573 e. The summed E-state index contributed by atoms with van der Waals surface area (Å²) in [6.45, 7) is 13.8. The molecule has 8 rings (SSSR count). The number of sulfonamides is 2. The van der Waals surface area contributed by atoms with Gasteiger partial charge >= 0.3 is 30.8 Å². The molecule has 4 heterocycles. The van der Waals surface area contributed by atoms with Gasteiger partial charge in [-0.2, -0.15) is 0 Å². The molecule has 4 aliphatic rings. The molecule has 0 bridgehead atoms. The highest BCUT2D eigenvalue weighted by molar-refractivity contribution is 7.89. The number of primary amides is 2. The third kappa shape index (κ3) is 17.4. The Morgan fingerprint density at radius 1 is 0.585 bits per heavy atom. The molecule has 0 atom stereocenters. The summed E-state index contributed by atoms with van der Waals surface area (Å²) in [5, 5.41) is 15.5. The SMILES string of the molecule is C.Cc1cc(N2C(=O)NC(=O)C2(C)C)cc(C)c1CCS(=O)(=O)N1CCC(N)(C(N)=O)CC1.Cc1cc(N2C(=O)NC(=O)C2(C)C)cc(C)c1CCS(=O)(=O)N1CCC(NC(=O)c2ccc(F)c(OC(F)(F)F)c2)(C(N)=O)CC1.O=C(O)c1ccc(F)c(OC(F)(F)F)c1. The molecule has 0 aliphatic carbocycles. The lowest BCUT2D eigenvalue weighted by Crippen LogP contribution is -2.62. The Morgan fingerprint density at radius 2 is 0.926 bits per heavy atom. The number of piperidine rings is 2. The van der Waals surface area contributed by atoms with Crippen LogP contribution in [0.5, 0.6) is 11.5 Å². The lowest BCUT2D eigenvalue weighted by molar-refractivity contribution is -0.276. The van der Waals surface area contributed by atoms with Crippen molar-refractivity contribution >= 4 is 79.0 Å². The Labute approximate surface area is 535 Å². The minimum absolute atomic E-state index is 0. The van der Waals surface area contributed by atoms with E-state index in [2.05, 4.69) is 25.4 Å². The standard InChI is InChI=1S/C29H33F4N5O7S.C21H31N5O5S.C8H4F4O3.CH4/c1-16-13-19(38-26(42)35-25(41)27(38,3)4)14-17(2)20(16)7-12-46(43,44)37-10-8-28(9-11-37,24(34)40)36-23(39)18-5-6-21(30)22(15-18)45-29(31,32)33;1-13-11-15(26-19(29)24-18(28)20(26,3)4)12-14(2)16(13)5-10-32(30,31)25-8-6-21(23,7-9-25)17(22)27;9-5-2-1-4(7(13)14)3-6(5)15-8(10,11)12;/h5-6,13-15H,7-12H2,1-4H3,(H2,34,40)(H,36,39)(H,35,41,42);11-12H,5-10,23H2,1-4H3,(H2,22,27)(H,24,28,29);1-3H,(H,13,14);1H4. The zero-order chi connectivity index (χ0) is 70.1. The molecule has 4 aromatic carbocycles. The van der Waals surface area contributed by atoms with Crippen LogP contribution in [0, 0.1) is 39.3 Å². The number of hydrogen-bond donors (Lipinski definition) is 7. The molecular weight excluding hydrogens is 1300 g/mol. The highest BCUT2D eigenvalue weighted by Gasteiger charge is 2.49. The molecule has 0 unspecified atom stereocenters. The molecule has 10 N–H and O–H groups in total. The van der Waals surface area contributed by atoms with Crippen LogP contribution in [0.25, 0.3) is 0 Å². The van der Waals surface area contributed by atoms with Crippen LogP contribution in [0.15, 0.2) is 60.7 Å². The van der Waals surface area contributed by atoms with Gasteiger partial charge in [0.15, 0.2) is 23.1 Å². The Balaban J connectivity index is 0.000000287. The van der Waals surface area contributed by atoms with E-state index in [1.54, 1.807) is 65.8 Å². The van der Waals surface area contributed by atoms with Crippen LogP contribution in [0.4, 0.5) is 56.1 Å². The lowest BCUT2D eigenvalue weighted by Gasteiger charge is -2.39. The number of alkyl halides is 6. The number of nitrogens with zero attached hydrogens (tertiary/aromatic N) is 4. The summed E-state index contributed by atoms with van der Waals surface area (Å²) in [6.07, 6.45) is -9.91. The van der Waals surface area contributed by atoms with Gasteiger partial charge in [0.1, 0.15) is 16.6 Å². The average molecular weight is 1380 g/mol. The lowest BCUT2D eigenvalue weighted by atomic mass is 9.87. The molecule has 4 aliphatic heterocycles. The number of carboxylic acid groups (broad SMARTS) is 1. The number of nitrogens with two attached hydrogens (primary N) is 3. The summed E-state index contributed by atoms with van der Waals surface area (Å²) in [6, 6.07) is 9.89. The number of hydrogen-bond acceptors (Lipinski definition) is 15. The molecule has 4 aromatic rings. The molecule has 0 radical (unpaired) electrons. The fourth-order valence-corrected chi connectivity index (χ4v) is 13.8. The van der Waals surface area contributed by atoms with Crippen molar-refractivity contribution in [3.8, 4) is 11.5 Å². The Morgan fingerprint density at radius 3 is 1.23 bits per heavy atom. The molecule has 25 nitrogen and oxygen atoms in total. The number of carbonyl (C=O) groups is 8. The molecule has 0 saturated carbocycles. The highest BCUT2D eigenvalue weighted by atomic mass is 32.2. The normalized spacial score (nSPS) is 17.9. The summed E-state index contributed by atoms with van der Waals surface area (Å²) in [5.74, 6) is -10.3. The van der Waals surface area contributed by atoms with E-state index in [0.29, 0.717) is 53.2 Å². The van der Waals surface area contributed by atoms with E-state index in [4.69, 9.17) is 22.3 Å². The molecule has 9 amide bonds. The predicted molar refractivity (Wildman–Crippen MR) is 324 cm³/mol. The number of amides is 9. The summed E-state index contributed by atoms with van der Waals surface area (Å²) in [5.41, 5.74) is 16.7. The number of imide groups is 2. The van der Waals surface area contributed by atoms with Crippen LogP contribution in [-0.2, 0) is 52.1 Å². The van der Waals surface area contributed by atoms with E-state index in [0.717, 1.165) is 38.7 Å². The van der Waals surface area contributed by atoms with Gasteiger partial charge in [0, 0.05) is 43.1 Å². The molecular formula is C59H72F8N10O15S2. The third-order valence-corrected chi connectivity index (χ3v) is 20.0. The van der Waals surface area contributed by atoms with Gasteiger partial charge < -0.3 is 37.1 Å². The van der Waals surface area contributed by atoms with E-state index >= 15 is 0 Å². The number of halogens is 8. The quantitative estimate of drug-likeness (QED) is 0.0460. The zero-order valence-electron chi connectivity index (χ0n) is 51.3. The number of urea groups is 2. The topological polar surface area (TPSA) is 371 Å². The first-order valence-electron chi connectivity index (χ1n) is 28.2. The first-order chi connectivity index (χ1) is 42.6. The summed E-state index contributed by atoms with van der Waals surface area (Å²) in [7, 11) is -7.42. The Hall–Kier alpha value is -8.54. The minimum Gasteiger partial charge on any atom is -0.478 e. The van der Waals surface area contributed by atoms with Crippen molar-refractivity contribution in [2.24, 2.45) is 17.2 Å². The van der Waals surface area contributed by atoms with Gasteiger partial charge in [-0.1, -0.05) is 7.43 Å². The van der Waals surface area contributed by atoms with Crippen molar-refractivity contribution < 1.29 is 105 Å². The van der Waals surface area contributed by atoms with Crippen LogP contribution in [0.2, 0.25) is 0 Å². The van der Waals surface area contributed by atoms with Crippen LogP contribution in [-0.4, -0.2) is 151 Å². The van der Waals surface area contributed by atoms with Crippen molar-refractivity contribution in [2.45, 2.75) is 136 Å². The number of aromatic carboxylic acids is 1. The second-order valence-corrected chi connectivity index (χ2v) is 27.6. The predicted octanol–water partition coefficient (Wildman–Crippen LogP) is 6.15. The maximum absolute atomic E-state index is 13.8. The number of carboxylic acids is 1. The fraction of sp³-hybridized carbons (Fsp3) is 0.458. The van der Waals surface area contributed by atoms with E-state index < -0.39 is 131 Å². The fourth-order valence-electron chi connectivity index (χ4n) is 10.9. The minimum atomic E-state index is -5.21. The van der Waals surface area contributed by atoms with Crippen LogP contribution >= 0.6 is 0 Å². The first-order valence-corrected chi connectivity index (χ1v) is 31.4. The molecule has 4 fully saturated rings. The monoisotopic (exact) mass is 1380 g/mol. The largest absolute Gasteiger partial charge is 0.573 e. The second-order valence-electron chi connectivity index (χ2n) is 23.5. The Kier molecular flexibility index (Phi) is 22.8. The number of ether oxygens (including phenoxy) is 2. The van der Waals surface area contributed by atoms with Crippen molar-refractivity contribution in [3.63, 3.8) is 0 Å². The maximum atomic E-state index is 13.8. The molecule has 0 aromatic heterocycles. The van der Waals surface area contributed by atoms with E-state index in [-0.39, 0.29) is 83.1 Å². The smallest absolute Gasteiger partial charge is 0.478 e. The van der Waals surface area contributed by atoms with Gasteiger partial charge in [-0.05, 0) is 188 Å². The van der Waals surface area contributed by atoms with Crippen LogP contribution in [0.1, 0.15) is 115 Å². The van der Waals surface area contributed by atoms with Crippen molar-refractivity contribution in [1.82, 2.24) is 24.6 Å². The van der Waals surface area contributed by atoms with Crippen molar-refractivity contribution in [3.05, 3.63) is 117 Å². The first kappa shape index (κ1) is 76.2. The number of carbonyl (C=O) groups excluding carboxylic acids is 7. The molecule has 94 heavy (non-hydrogen) atoms. The number of nitrogens with one attached hydrogen (secondary N) is 3. The van der Waals surface area contributed by atoms with Gasteiger partial charge in [0.25, 0.3) is 17.7 Å². The van der Waals surface area contributed by atoms with Crippen molar-refractivity contribution in [2.75, 3.05) is 47.5 Å². The molecule has 516 valence electrons. The molecule has 4 saturated heterocycles. The van der Waals surface area contributed by atoms with E-state index in [1.807, 2.05) is 13.8 Å². The Bertz CT molecular complexity index is 3840.